The molecular weight excluding hydrogens is 292 g/mol. The zero-order valence-corrected chi connectivity index (χ0v) is 12.1. The number of aromatic nitrogens is 4. The van der Waals surface area contributed by atoms with Gasteiger partial charge < -0.3 is 15.9 Å². The van der Waals surface area contributed by atoms with Crippen LogP contribution in [0, 0.1) is 0 Å². The second-order valence-electron chi connectivity index (χ2n) is 4.10. The minimum absolute atomic E-state index is 0.111. The standard InChI is InChI=1S/C12H14N6O2S/c1-2-3-7-6-9(19)17-12(15-7)21-11-14-5-4-8(16-11)10(13)18-20/h4-6,20H,2-3H2,1H3,(H2,13,18)(H,15,17,19). The summed E-state index contributed by atoms with van der Waals surface area (Å²) in [7, 11) is 0. The van der Waals surface area contributed by atoms with Gasteiger partial charge in [0.1, 0.15) is 5.69 Å². The number of oxime groups is 1. The van der Waals surface area contributed by atoms with Crippen molar-refractivity contribution in [1.82, 2.24) is 19.9 Å². The summed E-state index contributed by atoms with van der Waals surface area (Å²) in [5.41, 5.74) is 6.26. The number of nitrogens with two attached hydrogens (primary N) is 1. The Morgan fingerprint density at radius 2 is 2.33 bits per heavy atom. The predicted octanol–water partition coefficient (Wildman–Crippen LogP) is 0.758. The van der Waals surface area contributed by atoms with Crippen molar-refractivity contribution < 1.29 is 5.21 Å². The molecule has 0 aliphatic heterocycles. The zero-order valence-electron chi connectivity index (χ0n) is 11.3. The Balaban J connectivity index is 2.28. The molecule has 0 amide bonds. The normalized spacial score (nSPS) is 11.6. The summed E-state index contributed by atoms with van der Waals surface area (Å²) in [6, 6.07) is 2.99. The van der Waals surface area contributed by atoms with Crippen LogP contribution in [0.25, 0.3) is 0 Å². The molecule has 2 heterocycles. The molecule has 0 saturated heterocycles. The molecule has 0 spiro atoms. The van der Waals surface area contributed by atoms with Crippen LogP contribution in [0.3, 0.4) is 0 Å². The first kappa shape index (κ1) is 15.0. The van der Waals surface area contributed by atoms with Gasteiger partial charge in [0.2, 0.25) is 0 Å². The van der Waals surface area contributed by atoms with Gasteiger partial charge in [-0.25, -0.2) is 15.0 Å². The van der Waals surface area contributed by atoms with Gasteiger partial charge in [-0.2, -0.15) is 0 Å². The number of nitrogens with zero attached hydrogens (tertiary/aromatic N) is 4. The van der Waals surface area contributed by atoms with Gasteiger partial charge in [-0.05, 0) is 24.2 Å². The van der Waals surface area contributed by atoms with Gasteiger partial charge in [0.15, 0.2) is 16.1 Å². The Morgan fingerprint density at radius 3 is 3.05 bits per heavy atom. The minimum atomic E-state index is -0.219. The van der Waals surface area contributed by atoms with E-state index in [9.17, 15) is 4.79 Å². The topological polar surface area (TPSA) is 130 Å². The fraction of sp³-hybridized carbons (Fsp3) is 0.250. The van der Waals surface area contributed by atoms with Crippen molar-refractivity contribution in [1.29, 1.82) is 0 Å². The average molecular weight is 306 g/mol. The van der Waals surface area contributed by atoms with Crippen molar-refractivity contribution >= 4 is 17.6 Å². The third-order valence-electron chi connectivity index (χ3n) is 2.47. The van der Waals surface area contributed by atoms with E-state index < -0.39 is 0 Å². The lowest BCUT2D eigenvalue weighted by atomic mass is 10.2. The van der Waals surface area contributed by atoms with Gasteiger partial charge in [-0.3, -0.25) is 4.79 Å². The Bertz CT molecular complexity index is 715. The number of hydrogen-bond acceptors (Lipinski definition) is 7. The molecule has 9 heteroatoms. The number of aromatic amines is 1. The van der Waals surface area contributed by atoms with E-state index in [1.165, 1.54) is 18.3 Å². The second-order valence-corrected chi connectivity index (χ2v) is 5.06. The molecule has 0 aliphatic carbocycles. The molecule has 2 rings (SSSR count). The van der Waals surface area contributed by atoms with Crippen LogP contribution in [0.15, 0.2) is 38.6 Å². The number of hydrogen-bond donors (Lipinski definition) is 3. The summed E-state index contributed by atoms with van der Waals surface area (Å²) in [6.45, 7) is 2.01. The van der Waals surface area contributed by atoms with Crippen LogP contribution in [-0.4, -0.2) is 31.0 Å². The summed E-state index contributed by atoms with van der Waals surface area (Å²) in [5, 5.41) is 12.3. The first-order valence-corrected chi connectivity index (χ1v) is 7.03. The molecule has 2 aromatic heterocycles. The number of H-pyrrole nitrogens is 1. The molecule has 110 valence electrons. The lowest BCUT2D eigenvalue weighted by molar-refractivity contribution is 0.318. The fourth-order valence-electron chi connectivity index (χ4n) is 1.59. The third kappa shape index (κ3) is 4.02. The maximum Gasteiger partial charge on any atom is 0.251 e. The third-order valence-corrected chi connectivity index (χ3v) is 3.24. The summed E-state index contributed by atoms with van der Waals surface area (Å²) >= 11 is 1.10. The Labute approximate surface area is 124 Å². The SMILES string of the molecule is CCCc1cc(=O)[nH]c(Sc2nccc(/C(N)=N/O)n2)n1. The highest BCUT2D eigenvalue weighted by Crippen LogP contribution is 2.19. The molecule has 0 saturated carbocycles. The van der Waals surface area contributed by atoms with Crippen LogP contribution >= 0.6 is 11.8 Å². The Kier molecular flexibility index (Phi) is 4.88. The molecule has 0 aliphatic rings. The molecule has 2 aromatic rings. The van der Waals surface area contributed by atoms with E-state index >= 15 is 0 Å². The van der Waals surface area contributed by atoms with E-state index in [4.69, 9.17) is 10.9 Å². The number of amidine groups is 1. The first-order chi connectivity index (χ1) is 10.1. The van der Waals surface area contributed by atoms with Gasteiger partial charge in [0.05, 0.1) is 0 Å². The number of aryl methyl sites for hydroxylation is 1. The van der Waals surface area contributed by atoms with Crippen molar-refractivity contribution in [2.45, 2.75) is 30.1 Å². The molecule has 21 heavy (non-hydrogen) atoms. The number of nitrogens with one attached hydrogen (secondary N) is 1. The van der Waals surface area contributed by atoms with Gasteiger partial charge in [-0.15, -0.1) is 0 Å². The van der Waals surface area contributed by atoms with Crippen LogP contribution in [0.4, 0.5) is 0 Å². The highest BCUT2D eigenvalue weighted by molar-refractivity contribution is 7.99. The number of rotatable bonds is 5. The summed E-state index contributed by atoms with van der Waals surface area (Å²) in [6.07, 6.45) is 3.11. The van der Waals surface area contributed by atoms with Crippen LogP contribution in [0.5, 0.6) is 0 Å². The molecule has 0 aromatic carbocycles. The fourth-order valence-corrected chi connectivity index (χ4v) is 2.33. The second kappa shape index (κ2) is 6.84. The largest absolute Gasteiger partial charge is 0.409 e. The molecule has 8 nitrogen and oxygen atoms in total. The maximum atomic E-state index is 11.6. The van der Waals surface area contributed by atoms with Crippen LogP contribution in [0.2, 0.25) is 0 Å². The lowest BCUT2D eigenvalue weighted by Crippen LogP contribution is -2.15. The molecule has 0 radical (unpaired) electrons. The lowest BCUT2D eigenvalue weighted by Gasteiger charge is -2.03. The Morgan fingerprint density at radius 1 is 1.52 bits per heavy atom. The van der Waals surface area contributed by atoms with Crippen molar-refractivity contribution in [2.24, 2.45) is 10.9 Å². The van der Waals surface area contributed by atoms with E-state index in [1.54, 1.807) is 0 Å². The van der Waals surface area contributed by atoms with Crippen molar-refractivity contribution in [3.8, 4) is 0 Å². The molecule has 4 N–H and O–H groups in total. The molecular formula is C12H14N6O2S. The quantitative estimate of drug-likeness (QED) is 0.244. The monoisotopic (exact) mass is 306 g/mol. The van der Waals surface area contributed by atoms with Crippen molar-refractivity contribution in [2.75, 3.05) is 0 Å². The zero-order chi connectivity index (χ0) is 15.2. The molecule has 0 atom stereocenters. The minimum Gasteiger partial charge on any atom is -0.409 e. The van der Waals surface area contributed by atoms with Gasteiger partial charge in [-0.1, -0.05) is 18.5 Å². The van der Waals surface area contributed by atoms with E-state index in [0.717, 1.165) is 30.3 Å². The van der Waals surface area contributed by atoms with E-state index in [0.29, 0.717) is 16.0 Å². The van der Waals surface area contributed by atoms with E-state index in [1.807, 2.05) is 6.92 Å². The smallest absolute Gasteiger partial charge is 0.251 e. The molecule has 0 fully saturated rings. The Hall–Kier alpha value is -2.42. The average Bonchev–Trinajstić information content (AvgIpc) is 2.46. The van der Waals surface area contributed by atoms with E-state index in [2.05, 4.69) is 25.1 Å². The maximum absolute atomic E-state index is 11.6. The summed E-state index contributed by atoms with van der Waals surface area (Å²) < 4.78 is 0. The molecule has 0 bridgehead atoms. The highest BCUT2D eigenvalue weighted by Gasteiger charge is 2.08. The van der Waals surface area contributed by atoms with Crippen LogP contribution < -0.4 is 11.3 Å². The van der Waals surface area contributed by atoms with Crippen LogP contribution in [0.1, 0.15) is 24.7 Å². The van der Waals surface area contributed by atoms with Gasteiger partial charge >= 0.3 is 0 Å². The highest BCUT2D eigenvalue weighted by atomic mass is 32.2. The first-order valence-electron chi connectivity index (χ1n) is 6.21. The van der Waals surface area contributed by atoms with Crippen LogP contribution in [-0.2, 0) is 6.42 Å². The van der Waals surface area contributed by atoms with Crippen molar-refractivity contribution in [3.05, 3.63) is 40.1 Å². The summed E-state index contributed by atoms with van der Waals surface area (Å²) in [4.78, 5) is 26.7. The molecule has 0 unspecified atom stereocenters. The van der Waals surface area contributed by atoms with E-state index in [-0.39, 0.29) is 11.4 Å². The van der Waals surface area contributed by atoms with Crippen molar-refractivity contribution in [3.63, 3.8) is 0 Å². The van der Waals surface area contributed by atoms with Gasteiger partial charge in [0, 0.05) is 18.0 Å². The van der Waals surface area contributed by atoms with Gasteiger partial charge in [0.25, 0.3) is 5.56 Å². The summed E-state index contributed by atoms with van der Waals surface area (Å²) in [5.74, 6) is -0.111. The predicted molar refractivity (Wildman–Crippen MR) is 77.5 cm³/mol.